The first kappa shape index (κ1) is 28.5. The van der Waals surface area contributed by atoms with Gasteiger partial charge in [-0.05, 0) is 71.2 Å². The van der Waals surface area contributed by atoms with Crippen molar-refractivity contribution in [1.82, 2.24) is 4.98 Å². The monoisotopic (exact) mass is 605 g/mol. The summed E-state index contributed by atoms with van der Waals surface area (Å²) < 4.78 is 22.2. The Kier molecular flexibility index (Phi) is 6.76. The van der Waals surface area contributed by atoms with E-state index in [1.807, 2.05) is 42.5 Å². The molecular formula is C36H31NO8. The van der Waals surface area contributed by atoms with Gasteiger partial charge in [0.25, 0.3) is 0 Å². The number of benzene rings is 3. The second-order valence-corrected chi connectivity index (χ2v) is 12.6. The molecule has 1 aliphatic heterocycles. The summed E-state index contributed by atoms with van der Waals surface area (Å²) in [6.07, 6.45) is 3.50. The van der Waals surface area contributed by atoms with Crippen molar-refractivity contribution in [1.29, 1.82) is 0 Å². The predicted octanol–water partition coefficient (Wildman–Crippen LogP) is 6.99. The standard InChI is InChI=1S/C36H31NO8/c1-36(2,3)22-12-20(10-19-8-9-29-31(11-19)44-18-43-29)34-25(14-22)33(23-6-4-5-7-26(23)37-34)35(41)42-17-21-13-32(40)45-30-16-28(39)27(38)15-24(21)30/h4-11,13,15-16,22,38-39H,12,14,17-18H2,1-3H3/b20-10-/t22-/m0/s1. The zero-order valence-electron chi connectivity index (χ0n) is 25.0. The quantitative estimate of drug-likeness (QED) is 0.127. The lowest BCUT2D eigenvalue weighted by molar-refractivity contribution is 0.0473. The van der Waals surface area contributed by atoms with E-state index in [2.05, 4.69) is 26.8 Å². The molecule has 228 valence electrons. The number of pyridine rings is 1. The van der Waals surface area contributed by atoms with Gasteiger partial charge in [0.2, 0.25) is 6.79 Å². The zero-order valence-corrected chi connectivity index (χ0v) is 25.0. The van der Waals surface area contributed by atoms with E-state index in [0.29, 0.717) is 45.3 Å². The molecule has 9 heteroatoms. The number of ether oxygens (including phenoxy) is 3. The van der Waals surface area contributed by atoms with E-state index < -0.39 is 17.3 Å². The number of rotatable bonds is 4. The molecule has 1 aliphatic carbocycles. The third-order valence-electron chi connectivity index (χ3n) is 8.66. The Morgan fingerprint density at radius 2 is 1.76 bits per heavy atom. The van der Waals surface area contributed by atoms with Crippen molar-refractivity contribution in [3.8, 4) is 23.0 Å². The molecule has 0 bridgehead atoms. The van der Waals surface area contributed by atoms with Gasteiger partial charge >= 0.3 is 11.6 Å². The molecule has 0 amide bonds. The molecule has 9 nitrogen and oxygen atoms in total. The van der Waals surface area contributed by atoms with Gasteiger partial charge in [-0.2, -0.15) is 0 Å². The first-order valence-electron chi connectivity index (χ1n) is 14.7. The van der Waals surface area contributed by atoms with Crippen molar-refractivity contribution in [2.24, 2.45) is 11.3 Å². The van der Waals surface area contributed by atoms with Gasteiger partial charge in [-0.3, -0.25) is 0 Å². The van der Waals surface area contributed by atoms with Gasteiger partial charge in [0.1, 0.15) is 12.2 Å². The number of aromatic hydroxyl groups is 2. The molecular weight excluding hydrogens is 574 g/mol. The fraction of sp³-hybridized carbons (Fsp3) is 0.250. The molecule has 3 aromatic carbocycles. The lowest BCUT2D eigenvalue weighted by Gasteiger charge is -2.36. The molecule has 0 saturated heterocycles. The summed E-state index contributed by atoms with van der Waals surface area (Å²) in [4.78, 5) is 31.5. The number of allylic oxidation sites excluding steroid dienone is 1. The number of aromatic nitrogens is 1. The average Bonchev–Trinajstić information content (AvgIpc) is 3.47. The Morgan fingerprint density at radius 3 is 2.58 bits per heavy atom. The largest absolute Gasteiger partial charge is 0.504 e. The minimum atomic E-state index is -0.670. The van der Waals surface area contributed by atoms with E-state index in [1.54, 1.807) is 0 Å². The second-order valence-electron chi connectivity index (χ2n) is 12.6. The molecule has 0 radical (unpaired) electrons. The minimum Gasteiger partial charge on any atom is -0.504 e. The highest BCUT2D eigenvalue weighted by molar-refractivity contribution is 6.07. The Labute approximate surface area is 258 Å². The van der Waals surface area contributed by atoms with Crippen LogP contribution in [0.3, 0.4) is 0 Å². The fourth-order valence-corrected chi connectivity index (χ4v) is 6.16. The smallest absolute Gasteiger partial charge is 0.339 e. The second kappa shape index (κ2) is 10.7. The lowest BCUT2D eigenvalue weighted by Crippen LogP contribution is -2.28. The summed E-state index contributed by atoms with van der Waals surface area (Å²) in [5.74, 6) is 0.249. The summed E-state index contributed by atoms with van der Waals surface area (Å²) in [6, 6.07) is 17.0. The molecule has 5 aromatic rings. The lowest BCUT2D eigenvalue weighted by atomic mass is 9.69. The van der Waals surface area contributed by atoms with E-state index >= 15 is 0 Å². The molecule has 1 atom stereocenters. The fourth-order valence-electron chi connectivity index (χ4n) is 6.16. The summed E-state index contributed by atoms with van der Waals surface area (Å²) in [5.41, 5.74) is 4.31. The highest BCUT2D eigenvalue weighted by atomic mass is 16.7. The molecule has 45 heavy (non-hydrogen) atoms. The Balaban J connectivity index is 1.34. The number of phenols is 2. The Bertz CT molecular complexity index is 2100. The molecule has 2 N–H and O–H groups in total. The van der Waals surface area contributed by atoms with Crippen LogP contribution in [0.5, 0.6) is 23.0 Å². The van der Waals surface area contributed by atoms with Gasteiger partial charge < -0.3 is 28.8 Å². The van der Waals surface area contributed by atoms with Gasteiger partial charge in [-0.15, -0.1) is 0 Å². The molecule has 7 rings (SSSR count). The van der Waals surface area contributed by atoms with Crippen LogP contribution in [0, 0.1) is 11.3 Å². The zero-order chi connectivity index (χ0) is 31.5. The van der Waals surface area contributed by atoms with Crippen LogP contribution in [0.2, 0.25) is 0 Å². The van der Waals surface area contributed by atoms with Gasteiger partial charge in [0, 0.05) is 28.5 Å². The first-order chi connectivity index (χ1) is 21.5. The topological polar surface area (TPSA) is 128 Å². The maximum absolute atomic E-state index is 14.1. The van der Waals surface area contributed by atoms with Crippen LogP contribution in [-0.4, -0.2) is 28.0 Å². The highest BCUT2D eigenvalue weighted by Gasteiger charge is 2.35. The summed E-state index contributed by atoms with van der Waals surface area (Å²) in [6.45, 7) is 6.54. The van der Waals surface area contributed by atoms with Crippen LogP contribution in [0.15, 0.2) is 69.9 Å². The van der Waals surface area contributed by atoms with Gasteiger partial charge in [-0.1, -0.05) is 45.0 Å². The van der Waals surface area contributed by atoms with Crippen molar-refractivity contribution in [3.63, 3.8) is 0 Å². The molecule has 3 heterocycles. The number of fused-ring (bicyclic) bond motifs is 4. The number of nitrogens with zero attached hydrogens (tertiary/aromatic N) is 1. The maximum Gasteiger partial charge on any atom is 0.339 e. The third kappa shape index (κ3) is 5.24. The number of esters is 1. The van der Waals surface area contributed by atoms with Gasteiger partial charge in [-0.25, -0.2) is 14.6 Å². The van der Waals surface area contributed by atoms with Crippen molar-refractivity contribution in [2.45, 2.75) is 40.2 Å². The molecule has 0 saturated carbocycles. The minimum absolute atomic E-state index is 0.0664. The first-order valence-corrected chi connectivity index (χ1v) is 14.7. The number of phenolic OH excluding ortho intramolecular Hbond substituents is 2. The molecule has 0 fully saturated rings. The van der Waals surface area contributed by atoms with Gasteiger partial charge in [0.05, 0.1) is 16.8 Å². The predicted molar refractivity (Wildman–Crippen MR) is 168 cm³/mol. The van der Waals surface area contributed by atoms with E-state index in [9.17, 15) is 19.8 Å². The van der Waals surface area contributed by atoms with E-state index in [1.165, 1.54) is 12.1 Å². The number of hydrogen-bond acceptors (Lipinski definition) is 9. The van der Waals surface area contributed by atoms with Crippen LogP contribution in [0.1, 0.15) is 59.9 Å². The van der Waals surface area contributed by atoms with Crippen molar-refractivity contribution >= 4 is 39.5 Å². The van der Waals surface area contributed by atoms with Gasteiger partial charge in [0.15, 0.2) is 23.0 Å². The number of carbonyl (C=O) groups excluding carboxylic acids is 1. The summed E-state index contributed by atoms with van der Waals surface area (Å²) in [7, 11) is 0. The molecule has 2 aliphatic rings. The summed E-state index contributed by atoms with van der Waals surface area (Å²) in [5, 5.41) is 21.0. The van der Waals surface area contributed by atoms with Crippen LogP contribution in [0.4, 0.5) is 0 Å². The van der Waals surface area contributed by atoms with Crippen LogP contribution in [0.25, 0.3) is 33.5 Å². The van der Waals surface area contributed by atoms with Crippen LogP contribution < -0.4 is 15.1 Å². The number of carbonyl (C=O) groups is 1. The van der Waals surface area contributed by atoms with Crippen molar-refractivity contribution in [2.75, 3.05) is 6.79 Å². The van der Waals surface area contributed by atoms with E-state index in [4.69, 9.17) is 23.6 Å². The summed E-state index contributed by atoms with van der Waals surface area (Å²) >= 11 is 0. The Hall–Kier alpha value is -5.31. The third-order valence-corrected chi connectivity index (χ3v) is 8.66. The van der Waals surface area contributed by atoms with E-state index in [0.717, 1.165) is 34.9 Å². The molecule has 2 aromatic heterocycles. The SMILES string of the molecule is CC(C)(C)[C@H]1C/C(=C/c2ccc3c(c2)OCO3)c2nc3ccccc3c(C(=O)OCc3cc(=O)oc4cc(O)c(O)cc34)c2C1. The molecule has 0 unspecified atom stereocenters. The Morgan fingerprint density at radius 1 is 0.978 bits per heavy atom. The maximum atomic E-state index is 14.1. The molecule has 0 spiro atoms. The average molecular weight is 606 g/mol. The van der Waals surface area contributed by atoms with Crippen LogP contribution in [-0.2, 0) is 17.8 Å². The number of para-hydroxylation sites is 1. The number of hydrogen-bond donors (Lipinski definition) is 2. The van der Waals surface area contributed by atoms with Crippen molar-refractivity contribution in [3.05, 3.63) is 99.0 Å². The highest BCUT2D eigenvalue weighted by Crippen LogP contribution is 2.45. The van der Waals surface area contributed by atoms with Crippen LogP contribution >= 0.6 is 0 Å². The normalized spacial score (nSPS) is 16.7. The van der Waals surface area contributed by atoms with E-state index in [-0.39, 0.29) is 36.1 Å². The van der Waals surface area contributed by atoms with Crippen molar-refractivity contribution < 1.29 is 33.6 Å².